The monoisotopic (exact) mass is 374 g/mol. The summed E-state index contributed by atoms with van der Waals surface area (Å²) >= 11 is 0. The van der Waals surface area contributed by atoms with Crippen molar-refractivity contribution in [1.82, 2.24) is 15.1 Å². The van der Waals surface area contributed by atoms with Crippen molar-refractivity contribution < 1.29 is 14.4 Å². The van der Waals surface area contributed by atoms with Crippen molar-refractivity contribution >= 4 is 23.5 Å². The lowest BCUT2D eigenvalue weighted by Gasteiger charge is -2.30. The molecular weight excluding hydrogens is 344 g/mol. The van der Waals surface area contributed by atoms with Crippen LogP contribution in [0.2, 0.25) is 0 Å². The third-order valence-corrected chi connectivity index (χ3v) is 4.92. The molecule has 1 aliphatic heterocycles. The largest absolute Gasteiger partial charge is 0.349 e. The molecule has 4 amide bonds. The lowest BCUT2D eigenvalue weighted by Crippen LogP contribution is -2.38. The fourth-order valence-corrected chi connectivity index (χ4v) is 3.00. The lowest BCUT2D eigenvalue weighted by molar-refractivity contribution is -0.128. The summed E-state index contributed by atoms with van der Waals surface area (Å²) in [5, 5.41) is 5.43. The van der Waals surface area contributed by atoms with Gasteiger partial charge in [-0.2, -0.15) is 0 Å². The predicted octanol–water partition coefficient (Wildman–Crippen LogP) is 2.47. The van der Waals surface area contributed by atoms with Crippen molar-refractivity contribution in [2.75, 3.05) is 39.0 Å². The summed E-state index contributed by atoms with van der Waals surface area (Å²) in [7, 11) is 3.36. The van der Waals surface area contributed by atoms with Crippen LogP contribution in [-0.2, 0) is 4.79 Å². The Morgan fingerprint density at radius 1 is 1.19 bits per heavy atom. The van der Waals surface area contributed by atoms with E-state index in [1.54, 1.807) is 26.2 Å². The van der Waals surface area contributed by atoms with Gasteiger partial charge in [0.2, 0.25) is 5.91 Å². The quantitative estimate of drug-likeness (QED) is 0.831. The number of aryl methyl sites for hydroxylation is 1. The predicted molar refractivity (Wildman–Crippen MR) is 106 cm³/mol. The summed E-state index contributed by atoms with van der Waals surface area (Å²) in [4.78, 5) is 39.5. The number of urea groups is 1. The molecule has 2 rings (SSSR count). The van der Waals surface area contributed by atoms with Gasteiger partial charge in [0.05, 0.1) is 0 Å². The topological polar surface area (TPSA) is 81.8 Å². The van der Waals surface area contributed by atoms with Crippen LogP contribution in [-0.4, -0.2) is 61.4 Å². The minimum atomic E-state index is -0.367. The molecule has 148 valence electrons. The fraction of sp³-hybridized carbons (Fsp3) is 0.550. The number of carbonyl (C=O) groups is 3. The van der Waals surface area contributed by atoms with Gasteiger partial charge in [-0.25, -0.2) is 4.79 Å². The van der Waals surface area contributed by atoms with E-state index in [1.165, 1.54) is 4.90 Å². The number of anilines is 1. The molecule has 0 bridgehead atoms. The Morgan fingerprint density at radius 3 is 2.44 bits per heavy atom. The molecular formula is C20H30N4O3. The highest BCUT2D eigenvalue weighted by molar-refractivity contribution is 5.96. The standard InChI is InChI=1S/C20H30N4O3/c1-14-8-11-24(12-9-14)19(26)16-5-6-17(15(2)13-16)22-20(27)21-10-7-18(25)23(3)4/h5-6,13-14H,7-12H2,1-4H3,(H2,21,22,27). The minimum Gasteiger partial charge on any atom is -0.349 e. The van der Waals surface area contributed by atoms with Crippen LogP contribution in [0.4, 0.5) is 10.5 Å². The molecule has 0 radical (unpaired) electrons. The van der Waals surface area contributed by atoms with Gasteiger partial charge in [0.15, 0.2) is 0 Å². The van der Waals surface area contributed by atoms with Crippen molar-refractivity contribution in [3.05, 3.63) is 29.3 Å². The molecule has 1 aromatic carbocycles. The van der Waals surface area contributed by atoms with Gasteiger partial charge in [-0.05, 0) is 49.4 Å². The van der Waals surface area contributed by atoms with E-state index in [9.17, 15) is 14.4 Å². The molecule has 27 heavy (non-hydrogen) atoms. The van der Waals surface area contributed by atoms with Gasteiger partial charge in [0, 0.05) is 51.4 Å². The first kappa shape index (κ1) is 20.7. The van der Waals surface area contributed by atoms with Gasteiger partial charge >= 0.3 is 6.03 Å². The highest BCUT2D eigenvalue weighted by Gasteiger charge is 2.21. The summed E-state index contributed by atoms with van der Waals surface area (Å²) in [6.45, 7) is 5.94. The molecule has 2 N–H and O–H groups in total. The van der Waals surface area contributed by atoms with Crippen LogP contribution >= 0.6 is 0 Å². The van der Waals surface area contributed by atoms with Gasteiger partial charge in [-0.3, -0.25) is 9.59 Å². The van der Waals surface area contributed by atoms with Crippen molar-refractivity contribution in [2.45, 2.75) is 33.1 Å². The molecule has 0 aromatic heterocycles. The fourth-order valence-electron chi connectivity index (χ4n) is 3.00. The Balaban J connectivity index is 1.89. The number of hydrogen-bond donors (Lipinski definition) is 2. The number of amides is 4. The molecule has 7 heteroatoms. The number of nitrogens with zero attached hydrogens (tertiary/aromatic N) is 2. The maximum Gasteiger partial charge on any atom is 0.319 e. The van der Waals surface area contributed by atoms with Crippen LogP contribution in [0.5, 0.6) is 0 Å². The molecule has 1 aliphatic rings. The summed E-state index contributed by atoms with van der Waals surface area (Å²) in [6.07, 6.45) is 2.34. The van der Waals surface area contributed by atoms with Crippen LogP contribution in [0.1, 0.15) is 42.1 Å². The summed E-state index contributed by atoms with van der Waals surface area (Å²) in [5.74, 6) is 0.679. The number of hydrogen-bond acceptors (Lipinski definition) is 3. The van der Waals surface area contributed by atoms with Gasteiger partial charge in [-0.1, -0.05) is 6.92 Å². The zero-order valence-corrected chi connectivity index (χ0v) is 16.7. The number of piperidine rings is 1. The average Bonchev–Trinajstić information content (AvgIpc) is 2.63. The van der Waals surface area contributed by atoms with Gasteiger partial charge in [-0.15, -0.1) is 0 Å². The first-order valence-corrected chi connectivity index (χ1v) is 9.43. The Kier molecular flexibility index (Phi) is 7.21. The Labute approximate surface area is 161 Å². The van der Waals surface area contributed by atoms with Crippen molar-refractivity contribution in [1.29, 1.82) is 0 Å². The minimum absolute atomic E-state index is 0.0403. The lowest BCUT2D eigenvalue weighted by atomic mass is 9.98. The van der Waals surface area contributed by atoms with E-state index in [0.29, 0.717) is 17.2 Å². The van der Waals surface area contributed by atoms with E-state index in [2.05, 4.69) is 17.6 Å². The van der Waals surface area contributed by atoms with Gasteiger partial charge < -0.3 is 20.4 Å². The van der Waals surface area contributed by atoms with E-state index >= 15 is 0 Å². The highest BCUT2D eigenvalue weighted by Crippen LogP contribution is 2.21. The van der Waals surface area contributed by atoms with Crippen LogP contribution in [0.3, 0.4) is 0 Å². The molecule has 0 spiro atoms. The van der Waals surface area contributed by atoms with Crippen LogP contribution in [0.25, 0.3) is 0 Å². The molecule has 1 saturated heterocycles. The normalized spacial score (nSPS) is 14.6. The number of nitrogens with one attached hydrogen (secondary N) is 2. The molecule has 0 atom stereocenters. The second kappa shape index (κ2) is 9.39. The van der Waals surface area contributed by atoms with Crippen molar-refractivity contribution in [3.8, 4) is 0 Å². The molecule has 0 aliphatic carbocycles. The van der Waals surface area contributed by atoms with E-state index in [0.717, 1.165) is 31.5 Å². The first-order valence-electron chi connectivity index (χ1n) is 9.43. The zero-order valence-electron chi connectivity index (χ0n) is 16.7. The van der Waals surface area contributed by atoms with Gasteiger partial charge in [0.1, 0.15) is 0 Å². The maximum absolute atomic E-state index is 12.6. The third-order valence-electron chi connectivity index (χ3n) is 4.92. The number of carbonyl (C=O) groups excluding carboxylic acids is 3. The van der Waals surface area contributed by atoms with Crippen LogP contribution < -0.4 is 10.6 Å². The SMILES string of the molecule is Cc1cc(C(=O)N2CCC(C)CC2)ccc1NC(=O)NCCC(=O)N(C)C. The van der Waals surface area contributed by atoms with Crippen LogP contribution in [0.15, 0.2) is 18.2 Å². The summed E-state index contributed by atoms with van der Waals surface area (Å²) < 4.78 is 0. The maximum atomic E-state index is 12.6. The second-order valence-corrected chi connectivity index (χ2v) is 7.42. The first-order chi connectivity index (χ1) is 12.8. The number of benzene rings is 1. The van der Waals surface area contributed by atoms with E-state index in [-0.39, 0.29) is 30.8 Å². The van der Waals surface area contributed by atoms with Crippen molar-refractivity contribution in [2.24, 2.45) is 5.92 Å². The highest BCUT2D eigenvalue weighted by atomic mass is 16.2. The summed E-state index contributed by atoms with van der Waals surface area (Å²) in [5.41, 5.74) is 2.12. The molecule has 7 nitrogen and oxygen atoms in total. The summed E-state index contributed by atoms with van der Waals surface area (Å²) in [6, 6.07) is 4.94. The number of likely N-dealkylation sites (tertiary alicyclic amines) is 1. The smallest absolute Gasteiger partial charge is 0.319 e. The number of rotatable bonds is 5. The van der Waals surface area contributed by atoms with E-state index in [4.69, 9.17) is 0 Å². The average molecular weight is 374 g/mol. The Hall–Kier alpha value is -2.57. The zero-order chi connectivity index (χ0) is 20.0. The molecule has 0 unspecified atom stereocenters. The third kappa shape index (κ3) is 5.98. The second-order valence-electron chi connectivity index (χ2n) is 7.42. The Bertz CT molecular complexity index is 694. The van der Waals surface area contributed by atoms with Crippen LogP contribution in [0, 0.1) is 12.8 Å². The molecule has 1 aromatic rings. The van der Waals surface area contributed by atoms with Crippen molar-refractivity contribution in [3.63, 3.8) is 0 Å². The van der Waals surface area contributed by atoms with E-state index in [1.807, 2.05) is 17.9 Å². The molecule has 1 fully saturated rings. The Morgan fingerprint density at radius 2 is 1.85 bits per heavy atom. The van der Waals surface area contributed by atoms with E-state index < -0.39 is 0 Å². The van der Waals surface area contributed by atoms with Gasteiger partial charge in [0.25, 0.3) is 5.91 Å². The molecule has 0 saturated carbocycles. The molecule has 1 heterocycles.